The monoisotopic (exact) mass is 266 g/mol. The van der Waals surface area contributed by atoms with Crippen molar-refractivity contribution in [3.8, 4) is 5.75 Å². The summed E-state index contributed by atoms with van der Waals surface area (Å²) in [6, 6.07) is 6.32. The van der Waals surface area contributed by atoms with Crippen LogP contribution in [0.15, 0.2) is 24.3 Å². The van der Waals surface area contributed by atoms with Gasteiger partial charge in [0, 0.05) is 5.56 Å². The number of hydrogen-bond acceptors (Lipinski definition) is 5. The SMILES string of the molecule is COC(=O)CC(=O)NNC(=O)c1ccc(OC)cc1. The average Bonchev–Trinajstić information content (AvgIpc) is 2.44. The number of benzene rings is 1. The zero-order chi connectivity index (χ0) is 14.3. The third kappa shape index (κ3) is 4.66. The molecule has 0 aromatic heterocycles. The van der Waals surface area contributed by atoms with Crippen LogP contribution in [-0.4, -0.2) is 32.0 Å². The van der Waals surface area contributed by atoms with Crippen molar-refractivity contribution in [1.29, 1.82) is 0 Å². The molecule has 0 unspecified atom stereocenters. The highest BCUT2D eigenvalue weighted by atomic mass is 16.5. The van der Waals surface area contributed by atoms with Crippen LogP contribution in [-0.2, 0) is 14.3 Å². The van der Waals surface area contributed by atoms with E-state index in [2.05, 4.69) is 15.6 Å². The fraction of sp³-hybridized carbons (Fsp3) is 0.250. The number of ether oxygens (including phenoxy) is 2. The van der Waals surface area contributed by atoms with Gasteiger partial charge in [0.25, 0.3) is 5.91 Å². The summed E-state index contributed by atoms with van der Waals surface area (Å²) in [7, 11) is 2.69. The lowest BCUT2D eigenvalue weighted by Gasteiger charge is -2.07. The maximum Gasteiger partial charge on any atom is 0.315 e. The summed E-state index contributed by atoms with van der Waals surface area (Å²) in [4.78, 5) is 33.6. The minimum absolute atomic E-state index is 0.346. The molecular weight excluding hydrogens is 252 g/mol. The van der Waals surface area contributed by atoms with Gasteiger partial charge in [-0.05, 0) is 24.3 Å². The van der Waals surface area contributed by atoms with Crippen molar-refractivity contribution in [3.63, 3.8) is 0 Å². The molecule has 7 nitrogen and oxygen atoms in total. The van der Waals surface area contributed by atoms with Crippen LogP contribution in [0.1, 0.15) is 16.8 Å². The number of hydrogen-bond donors (Lipinski definition) is 2. The van der Waals surface area contributed by atoms with Gasteiger partial charge < -0.3 is 9.47 Å². The fourth-order valence-corrected chi connectivity index (χ4v) is 1.19. The van der Waals surface area contributed by atoms with E-state index in [1.54, 1.807) is 24.3 Å². The summed E-state index contributed by atoms with van der Waals surface area (Å²) in [6.45, 7) is 0. The zero-order valence-corrected chi connectivity index (χ0v) is 10.6. The average molecular weight is 266 g/mol. The summed E-state index contributed by atoms with van der Waals surface area (Å²) < 4.78 is 9.26. The van der Waals surface area contributed by atoms with Crippen LogP contribution >= 0.6 is 0 Å². The Bertz CT molecular complexity index is 470. The predicted octanol–water partition coefficient (Wildman–Crippen LogP) is 0.0193. The summed E-state index contributed by atoms with van der Waals surface area (Å²) >= 11 is 0. The van der Waals surface area contributed by atoms with Crippen molar-refractivity contribution >= 4 is 17.8 Å². The molecule has 0 radical (unpaired) electrons. The quantitative estimate of drug-likeness (QED) is 0.455. The first-order valence-corrected chi connectivity index (χ1v) is 5.37. The molecule has 0 fully saturated rings. The summed E-state index contributed by atoms with van der Waals surface area (Å²) in [5.41, 5.74) is 4.63. The molecule has 0 aliphatic rings. The van der Waals surface area contributed by atoms with Gasteiger partial charge in [-0.3, -0.25) is 25.2 Å². The molecular formula is C12H14N2O5. The normalized spacial score (nSPS) is 9.37. The van der Waals surface area contributed by atoms with Crippen molar-refractivity contribution in [1.82, 2.24) is 10.9 Å². The zero-order valence-electron chi connectivity index (χ0n) is 10.6. The van der Waals surface area contributed by atoms with Gasteiger partial charge in [0.2, 0.25) is 5.91 Å². The van der Waals surface area contributed by atoms with E-state index >= 15 is 0 Å². The van der Waals surface area contributed by atoms with Gasteiger partial charge in [-0.15, -0.1) is 0 Å². The van der Waals surface area contributed by atoms with Gasteiger partial charge in [0.1, 0.15) is 12.2 Å². The molecule has 7 heteroatoms. The molecule has 2 amide bonds. The third-order valence-electron chi connectivity index (χ3n) is 2.20. The van der Waals surface area contributed by atoms with Crippen molar-refractivity contribution in [2.45, 2.75) is 6.42 Å². The Kier molecular flexibility index (Phi) is 5.34. The molecule has 0 saturated carbocycles. The minimum Gasteiger partial charge on any atom is -0.497 e. The number of amides is 2. The first-order valence-electron chi connectivity index (χ1n) is 5.37. The maximum atomic E-state index is 11.6. The summed E-state index contributed by atoms with van der Waals surface area (Å²) in [5.74, 6) is -1.22. The molecule has 1 aromatic rings. The molecule has 0 bridgehead atoms. The Hall–Kier alpha value is -2.57. The Morgan fingerprint density at radius 2 is 1.68 bits per heavy atom. The van der Waals surface area contributed by atoms with E-state index in [-0.39, 0.29) is 0 Å². The molecule has 0 aliphatic heterocycles. The van der Waals surface area contributed by atoms with Crippen molar-refractivity contribution in [3.05, 3.63) is 29.8 Å². The van der Waals surface area contributed by atoms with Crippen LogP contribution < -0.4 is 15.6 Å². The van der Waals surface area contributed by atoms with Crippen LogP contribution in [0.2, 0.25) is 0 Å². The maximum absolute atomic E-state index is 11.6. The highest BCUT2D eigenvalue weighted by molar-refractivity contribution is 5.98. The van der Waals surface area contributed by atoms with Crippen molar-refractivity contribution in [2.24, 2.45) is 0 Å². The molecule has 1 rings (SSSR count). The van der Waals surface area contributed by atoms with E-state index in [0.29, 0.717) is 11.3 Å². The number of rotatable bonds is 4. The van der Waals surface area contributed by atoms with Crippen LogP contribution in [0.5, 0.6) is 5.75 Å². The summed E-state index contributed by atoms with van der Waals surface area (Å²) in [5, 5.41) is 0. The van der Waals surface area contributed by atoms with Crippen molar-refractivity contribution < 1.29 is 23.9 Å². The number of hydrazine groups is 1. The second-order valence-electron chi connectivity index (χ2n) is 3.48. The number of esters is 1. The van der Waals surface area contributed by atoms with Gasteiger partial charge in [-0.25, -0.2) is 0 Å². The van der Waals surface area contributed by atoms with Gasteiger partial charge in [-0.2, -0.15) is 0 Å². The Labute approximate surface area is 109 Å². The standard InChI is InChI=1S/C12H14N2O5/c1-18-9-5-3-8(4-6-9)12(17)14-13-10(15)7-11(16)19-2/h3-6H,7H2,1-2H3,(H,13,15)(H,14,17). The topological polar surface area (TPSA) is 93.7 Å². The van der Waals surface area contributed by atoms with Crippen LogP contribution in [0.4, 0.5) is 0 Å². The van der Waals surface area contributed by atoms with Gasteiger partial charge in [0.15, 0.2) is 0 Å². The van der Waals surface area contributed by atoms with Gasteiger partial charge in [0.05, 0.1) is 14.2 Å². The molecule has 19 heavy (non-hydrogen) atoms. The lowest BCUT2D eigenvalue weighted by molar-refractivity contribution is -0.144. The largest absolute Gasteiger partial charge is 0.497 e. The van der Waals surface area contributed by atoms with E-state index in [1.165, 1.54) is 14.2 Å². The predicted molar refractivity (Wildman–Crippen MR) is 65.2 cm³/mol. The number of methoxy groups -OCH3 is 2. The van der Waals surface area contributed by atoms with Crippen LogP contribution in [0, 0.1) is 0 Å². The number of nitrogens with one attached hydrogen (secondary N) is 2. The van der Waals surface area contributed by atoms with Crippen LogP contribution in [0.25, 0.3) is 0 Å². The molecule has 0 saturated heterocycles. The first-order chi connectivity index (χ1) is 9.06. The lowest BCUT2D eigenvalue weighted by atomic mass is 10.2. The Balaban J connectivity index is 2.46. The van der Waals surface area contributed by atoms with E-state index in [9.17, 15) is 14.4 Å². The van der Waals surface area contributed by atoms with E-state index in [4.69, 9.17) is 4.74 Å². The second kappa shape index (κ2) is 7.00. The molecule has 0 spiro atoms. The van der Waals surface area contributed by atoms with Gasteiger partial charge in [-0.1, -0.05) is 0 Å². The Morgan fingerprint density at radius 3 is 2.21 bits per heavy atom. The number of carbonyl (C=O) groups is 3. The Morgan fingerprint density at radius 1 is 1.05 bits per heavy atom. The molecule has 102 valence electrons. The highest BCUT2D eigenvalue weighted by Gasteiger charge is 2.11. The van der Waals surface area contributed by atoms with E-state index in [0.717, 1.165) is 0 Å². The second-order valence-corrected chi connectivity index (χ2v) is 3.48. The smallest absolute Gasteiger partial charge is 0.315 e. The van der Waals surface area contributed by atoms with E-state index < -0.39 is 24.2 Å². The van der Waals surface area contributed by atoms with Gasteiger partial charge >= 0.3 is 5.97 Å². The lowest BCUT2D eigenvalue weighted by Crippen LogP contribution is -2.42. The third-order valence-corrected chi connectivity index (χ3v) is 2.20. The van der Waals surface area contributed by atoms with Crippen molar-refractivity contribution in [2.75, 3.05) is 14.2 Å². The molecule has 0 heterocycles. The first kappa shape index (κ1) is 14.5. The molecule has 1 aromatic carbocycles. The molecule has 0 aliphatic carbocycles. The summed E-state index contributed by atoms with van der Waals surface area (Å²) in [6.07, 6.45) is -0.459. The fourth-order valence-electron chi connectivity index (χ4n) is 1.19. The highest BCUT2D eigenvalue weighted by Crippen LogP contribution is 2.10. The van der Waals surface area contributed by atoms with E-state index in [1.807, 2.05) is 0 Å². The molecule has 2 N–H and O–H groups in total. The minimum atomic E-state index is -0.684. The molecule has 0 atom stereocenters. The van der Waals surface area contributed by atoms with Crippen LogP contribution in [0.3, 0.4) is 0 Å². The number of carbonyl (C=O) groups excluding carboxylic acids is 3.